The van der Waals surface area contributed by atoms with Crippen molar-refractivity contribution in [1.29, 1.82) is 0 Å². The van der Waals surface area contributed by atoms with Gasteiger partial charge < -0.3 is 19.7 Å². The minimum absolute atomic E-state index is 0.0335. The molecule has 3 aromatic carbocycles. The highest BCUT2D eigenvalue weighted by Crippen LogP contribution is 2.37. The number of ether oxygens (including phenoxy) is 1. The maximum absolute atomic E-state index is 11.4. The van der Waals surface area contributed by atoms with E-state index in [4.69, 9.17) is 16.3 Å². The van der Waals surface area contributed by atoms with Gasteiger partial charge in [-0.2, -0.15) is 11.8 Å². The summed E-state index contributed by atoms with van der Waals surface area (Å²) >= 11 is 7.73. The summed E-state index contributed by atoms with van der Waals surface area (Å²) in [5.41, 5.74) is 3.71. The number of aryl methyl sites for hydroxylation is 1. The lowest BCUT2D eigenvalue weighted by Gasteiger charge is -2.24. The standard InChI is InChI=1S/C32H34ClNO4S/c1-21(31(35)36)20-39-30(16-13-22-7-4-5-10-28(22)32(2,3)37)24-8-6-9-27(17-24)38-19-26-15-12-23-11-14-25(33)18-29(23)34-26/h4-12,14-15,17-18,21,30,37H,13,16,19-20H2,1-3H3,(H,35,36)/p-1/t21-,30+/m0/s1. The Labute approximate surface area is 239 Å². The van der Waals surface area contributed by atoms with Crippen LogP contribution in [0.15, 0.2) is 78.9 Å². The molecule has 4 rings (SSSR count). The van der Waals surface area contributed by atoms with E-state index in [1.54, 1.807) is 32.5 Å². The van der Waals surface area contributed by atoms with Crippen LogP contribution in [0.2, 0.25) is 5.02 Å². The molecule has 0 bridgehead atoms. The molecule has 204 valence electrons. The molecule has 0 aliphatic rings. The maximum atomic E-state index is 11.4. The highest BCUT2D eigenvalue weighted by molar-refractivity contribution is 7.99. The zero-order valence-corrected chi connectivity index (χ0v) is 24.0. The van der Waals surface area contributed by atoms with Gasteiger partial charge >= 0.3 is 0 Å². The second-order valence-corrected chi connectivity index (χ2v) is 12.0. The van der Waals surface area contributed by atoms with Gasteiger partial charge in [0.1, 0.15) is 12.4 Å². The minimum Gasteiger partial charge on any atom is -0.550 e. The third-order valence-electron chi connectivity index (χ3n) is 6.63. The molecule has 0 saturated carbocycles. The number of carbonyl (C=O) groups excluding carboxylic acids is 1. The van der Waals surface area contributed by atoms with Crippen LogP contribution < -0.4 is 9.84 Å². The van der Waals surface area contributed by atoms with Crippen molar-refractivity contribution in [3.05, 3.63) is 106 Å². The van der Waals surface area contributed by atoms with E-state index < -0.39 is 17.5 Å². The number of aliphatic carboxylic acids is 1. The summed E-state index contributed by atoms with van der Waals surface area (Å²) in [6, 6.07) is 25.4. The van der Waals surface area contributed by atoms with Crippen LogP contribution in [0.5, 0.6) is 5.75 Å². The second kappa shape index (κ2) is 12.9. The van der Waals surface area contributed by atoms with Gasteiger partial charge in [0, 0.05) is 33.3 Å². The molecule has 7 heteroatoms. The average Bonchev–Trinajstić information content (AvgIpc) is 2.91. The first-order chi connectivity index (χ1) is 18.6. The van der Waals surface area contributed by atoms with Crippen LogP contribution in [-0.4, -0.2) is 21.8 Å². The lowest BCUT2D eigenvalue weighted by molar-refractivity contribution is -0.310. The molecule has 2 atom stereocenters. The number of hydrogen-bond acceptors (Lipinski definition) is 6. The number of thioether (sulfide) groups is 1. The first-order valence-electron chi connectivity index (χ1n) is 13.0. The number of halogens is 1. The number of carbonyl (C=O) groups is 1. The topological polar surface area (TPSA) is 82.5 Å². The molecule has 0 fully saturated rings. The first-order valence-corrected chi connectivity index (χ1v) is 14.4. The van der Waals surface area contributed by atoms with Crippen LogP contribution in [0.4, 0.5) is 0 Å². The van der Waals surface area contributed by atoms with Crippen LogP contribution >= 0.6 is 23.4 Å². The zero-order valence-electron chi connectivity index (χ0n) is 22.4. The van der Waals surface area contributed by atoms with Gasteiger partial charge in [-0.25, -0.2) is 4.98 Å². The van der Waals surface area contributed by atoms with Crippen LogP contribution in [0.25, 0.3) is 10.9 Å². The Hall–Kier alpha value is -3.06. The number of fused-ring (bicyclic) bond motifs is 1. The Bertz CT molecular complexity index is 1440. The highest BCUT2D eigenvalue weighted by atomic mass is 35.5. The largest absolute Gasteiger partial charge is 0.550 e. The zero-order chi connectivity index (χ0) is 28.0. The van der Waals surface area contributed by atoms with E-state index in [1.165, 1.54) is 0 Å². The summed E-state index contributed by atoms with van der Waals surface area (Å²) < 4.78 is 6.11. The monoisotopic (exact) mass is 562 g/mol. The van der Waals surface area contributed by atoms with Crippen LogP contribution in [0.1, 0.15) is 54.8 Å². The number of carboxylic acids is 1. The van der Waals surface area contributed by atoms with E-state index in [-0.39, 0.29) is 5.25 Å². The molecule has 1 heterocycles. The highest BCUT2D eigenvalue weighted by Gasteiger charge is 2.21. The number of aliphatic hydroxyl groups is 1. The molecule has 1 aromatic heterocycles. The van der Waals surface area contributed by atoms with Crippen molar-refractivity contribution in [2.24, 2.45) is 5.92 Å². The van der Waals surface area contributed by atoms with E-state index in [2.05, 4.69) is 4.98 Å². The van der Waals surface area contributed by atoms with Crippen molar-refractivity contribution >= 4 is 40.2 Å². The van der Waals surface area contributed by atoms with Gasteiger partial charge in [0.2, 0.25) is 0 Å². The van der Waals surface area contributed by atoms with Gasteiger partial charge in [-0.05, 0) is 73.7 Å². The minimum atomic E-state index is -1.05. The quantitative estimate of drug-likeness (QED) is 0.212. The van der Waals surface area contributed by atoms with Gasteiger partial charge in [-0.1, -0.05) is 67.1 Å². The van der Waals surface area contributed by atoms with E-state index in [9.17, 15) is 15.0 Å². The van der Waals surface area contributed by atoms with Crippen molar-refractivity contribution in [2.45, 2.75) is 51.1 Å². The average molecular weight is 563 g/mol. The SMILES string of the molecule is C[C@@H](CS[C@H](CCc1ccccc1C(C)(C)O)c1cccc(OCc2ccc3ccc(Cl)cc3n2)c1)C(=O)[O-]. The fourth-order valence-electron chi connectivity index (χ4n) is 4.47. The number of carboxylic acid groups (broad SMARTS) is 1. The van der Waals surface area contributed by atoms with Gasteiger partial charge in [0.15, 0.2) is 0 Å². The second-order valence-electron chi connectivity index (χ2n) is 10.3. The summed E-state index contributed by atoms with van der Waals surface area (Å²) in [7, 11) is 0. The summed E-state index contributed by atoms with van der Waals surface area (Å²) in [6.07, 6.45) is 1.51. The molecule has 4 aromatic rings. The number of rotatable bonds is 12. The predicted molar refractivity (Wildman–Crippen MR) is 157 cm³/mol. The molecule has 39 heavy (non-hydrogen) atoms. The lowest BCUT2D eigenvalue weighted by atomic mass is 9.90. The van der Waals surface area contributed by atoms with Gasteiger partial charge in [-0.15, -0.1) is 0 Å². The third kappa shape index (κ3) is 7.98. The van der Waals surface area contributed by atoms with Crippen LogP contribution in [0, 0.1) is 5.92 Å². The predicted octanol–water partition coefficient (Wildman–Crippen LogP) is 6.49. The number of nitrogens with zero attached hydrogens (tertiary/aromatic N) is 1. The summed E-state index contributed by atoms with van der Waals surface area (Å²) in [5.74, 6) is -0.451. The Morgan fingerprint density at radius 3 is 2.62 bits per heavy atom. The Kier molecular flexibility index (Phi) is 9.54. The number of pyridine rings is 1. The Morgan fingerprint density at radius 1 is 1.08 bits per heavy atom. The molecule has 0 unspecified atom stereocenters. The van der Waals surface area contributed by atoms with E-state index in [0.717, 1.165) is 51.9 Å². The molecular weight excluding hydrogens is 530 g/mol. The first kappa shape index (κ1) is 28.9. The van der Waals surface area contributed by atoms with Crippen molar-refractivity contribution in [3.8, 4) is 5.75 Å². The van der Waals surface area contributed by atoms with Crippen molar-refractivity contribution < 1.29 is 19.7 Å². The third-order valence-corrected chi connectivity index (χ3v) is 8.47. The van der Waals surface area contributed by atoms with E-state index >= 15 is 0 Å². The molecule has 0 amide bonds. The van der Waals surface area contributed by atoms with Gasteiger partial charge in [0.25, 0.3) is 0 Å². The number of benzene rings is 3. The van der Waals surface area contributed by atoms with Crippen LogP contribution in [0.3, 0.4) is 0 Å². The summed E-state index contributed by atoms with van der Waals surface area (Å²) in [6.45, 7) is 5.56. The molecule has 0 radical (unpaired) electrons. The molecule has 5 nitrogen and oxygen atoms in total. The van der Waals surface area contributed by atoms with Crippen molar-refractivity contribution in [3.63, 3.8) is 0 Å². The van der Waals surface area contributed by atoms with Crippen LogP contribution in [-0.2, 0) is 23.4 Å². The molecule has 1 N–H and O–H groups in total. The van der Waals surface area contributed by atoms with Crippen molar-refractivity contribution in [1.82, 2.24) is 4.98 Å². The molecule has 0 aliphatic heterocycles. The number of aromatic nitrogens is 1. The molecular formula is C32H33ClNO4S-. The van der Waals surface area contributed by atoms with Gasteiger partial charge in [-0.3, -0.25) is 0 Å². The molecule has 0 aliphatic carbocycles. The molecule has 0 saturated heterocycles. The van der Waals surface area contributed by atoms with Gasteiger partial charge in [0.05, 0.1) is 16.8 Å². The van der Waals surface area contributed by atoms with E-state index in [1.807, 2.05) is 78.9 Å². The fraction of sp³-hybridized carbons (Fsp3) is 0.312. The summed E-state index contributed by atoms with van der Waals surface area (Å²) in [5, 5.41) is 23.7. The Balaban J connectivity index is 1.51. The van der Waals surface area contributed by atoms with Crippen molar-refractivity contribution in [2.75, 3.05) is 5.75 Å². The smallest absolute Gasteiger partial charge is 0.130 e. The number of hydrogen-bond donors (Lipinski definition) is 1. The lowest BCUT2D eigenvalue weighted by Crippen LogP contribution is -2.30. The Morgan fingerprint density at radius 2 is 1.85 bits per heavy atom. The van der Waals surface area contributed by atoms with E-state index in [0.29, 0.717) is 17.4 Å². The normalized spacial score (nSPS) is 13.3. The maximum Gasteiger partial charge on any atom is 0.130 e. The summed E-state index contributed by atoms with van der Waals surface area (Å²) in [4.78, 5) is 16.0. The fourth-order valence-corrected chi connectivity index (χ4v) is 5.92. The molecule has 0 spiro atoms.